The van der Waals surface area contributed by atoms with Gasteiger partial charge in [-0.2, -0.15) is 0 Å². The lowest BCUT2D eigenvalue weighted by Crippen LogP contribution is -2.17. The highest BCUT2D eigenvalue weighted by Crippen LogP contribution is 2.25. The average Bonchev–Trinajstić information content (AvgIpc) is 3.52. The van der Waals surface area contributed by atoms with Gasteiger partial charge in [0, 0.05) is 23.9 Å². The number of alkyl halides is 3. The molecule has 8 nitrogen and oxygen atoms in total. The van der Waals surface area contributed by atoms with Gasteiger partial charge in [0.1, 0.15) is 35.9 Å². The third kappa shape index (κ3) is 7.67. The Hall–Kier alpha value is -4.19. The monoisotopic (exact) mass is 504 g/mol. The second kappa shape index (κ2) is 11.5. The highest BCUT2D eigenvalue weighted by molar-refractivity contribution is 5.66. The average molecular weight is 504 g/mol. The number of aromatic nitrogens is 4. The van der Waals surface area contributed by atoms with Crippen LogP contribution in [0.25, 0.3) is 12.2 Å². The van der Waals surface area contributed by atoms with Crippen LogP contribution in [0.5, 0.6) is 11.5 Å². The van der Waals surface area contributed by atoms with Crippen molar-refractivity contribution in [3.05, 3.63) is 89.7 Å². The highest BCUT2D eigenvalue weighted by Gasteiger charge is 2.31. The van der Waals surface area contributed by atoms with Crippen LogP contribution in [-0.2, 0) is 24.5 Å². The number of hydrogen-bond acceptors (Lipinski definition) is 7. The largest absolute Gasteiger partial charge is 0.573 e. The van der Waals surface area contributed by atoms with Gasteiger partial charge in [0.25, 0.3) is 0 Å². The molecule has 0 aliphatic carbocycles. The molecular weight excluding hydrogens is 484 g/mol. The van der Waals surface area contributed by atoms with Crippen LogP contribution in [0.15, 0.2) is 65.5 Å². The second-order valence-corrected chi connectivity index (χ2v) is 7.39. The second-order valence-electron chi connectivity index (χ2n) is 7.39. The minimum Gasteiger partial charge on any atom is -0.487 e. The van der Waals surface area contributed by atoms with Gasteiger partial charge in [0.15, 0.2) is 0 Å². The van der Waals surface area contributed by atoms with E-state index in [0.29, 0.717) is 37.3 Å². The van der Waals surface area contributed by atoms with Gasteiger partial charge in [-0.3, -0.25) is 4.68 Å². The summed E-state index contributed by atoms with van der Waals surface area (Å²) in [5, 5.41) is 7.59. The Morgan fingerprint density at radius 2 is 1.81 bits per heavy atom. The van der Waals surface area contributed by atoms with Gasteiger partial charge in [0.05, 0.1) is 26.0 Å². The molecule has 0 spiro atoms. The molecule has 0 saturated heterocycles. The Morgan fingerprint density at radius 3 is 2.53 bits per heavy atom. The van der Waals surface area contributed by atoms with Crippen LogP contribution in [0.3, 0.4) is 0 Å². The summed E-state index contributed by atoms with van der Waals surface area (Å²) in [5.41, 5.74) is 1.53. The molecule has 2 heterocycles. The van der Waals surface area contributed by atoms with Crippen LogP contribution in [0.1, 0.15) is 22.7 Å². The number of hydrogen-bond donors (Lipinski definition) is 0. The molecule has 188 valence electrons. The molecule has 0 unspecified atom stereocenters. The van der Waals surface area contributed by atoms with E-state index in [0.717, 1.165) is 17.7 Å². The van der Waals surface area contributed by atoms with Crippen LogP contribution in [0.4, 0.5) is 17.6 Å². The minimum absolute atomic E-state index is 0.0444. The maximum absolute atomic E-state index is 14.0. The van der Waals surface area contributed by atoms with Crippen molar-refractivity contribution < 1.29 is 36.2 Å². The van der Waals surface area contributed by atoms with E-state index in [-0.39, 0.29) is 18.1 Å². The summed E-state index contributed by atoms with van der Waals surface area (Å²) in [5.74, 6) is -0.713. The molecule has 0 aliphatic heterocycles. The lowest BCUT2D eigenvalue weighted by atomic mass is 10.2. The van der Waals surface area contributed by atoms with E-state index in [1.165, 1.54) is 18.4 Å². The van der Waals surface area contributed by atoms with Crippen LogP contribution in [0, 0.1) is 5.82 Å². The van der Waals surface area contributed by atoms with Crippen LogP contribution in [-0.4, -0.2) is 32.9 Å². The molecule has 0 bridgehead atoms. The van der Waals surface area contributed by atoms with Crippen molar-refractivity contribution in [2.24, 2.45) is 0 Å². The Bertz CT molecular complexity index is 1270. The van der Waals surface area contributed by atoms with E-state index in [1.807, 2.05) is 24.3 Å². The smallest absolute Gasteiger partial charge is 0.487 e. The van der Waals surface area contributed by atoms with Gasteiger partial charge >= 0.3 is 6.36 Å². The fourth-order valence-corrected chi connectivity index (χ4v) is 3.01. The highest BCUT2D eigenvalue weighted by atomic mass is 19.4. The van der Waals surface area contributed by atoms with Crippen molar-refractivity contribution in [2.45, 2.75) is 26.1 Å². The molecule has 4 aromatic rings. The molecule has 0 saturated carbocycles. The van der Waals surface area contributed by atoms with Crippen LogP contribution in [0.2, 0.25) is 0 Å². The fraction of sp³-hybridized carbons (Fsp3) is 0.208. The van der Waals surface area contributed by atoms with Crippen molar-refractivity contribution in [1.82, 2.24) is 20.0 Å². The molecule has 12 heteroatoms. The molecule has 0 fully saturated rings. The van der Waals surface area contributed by atoms with Gasteiger partial charge in [-0.05, 0) is 35.9 Å². The first kappa shape index (κ1) is 24.9. The van der Waals surface area contributed by atoms with Crippen LogP contribution < -0.4 is 9.47 Å². The first-order valence-corrected chi connectivity index (χ1v) is 10.7. The summed E-state index contributed by atoms with van der Waals surface area (Å²) in [6, 6.07) is 10.2. The van der Waals surface area contributed by atoms with Crippen molar-refractivity contribution in [1.29, 1.82) is 0 Å². The number of nitrogens with zero attached hydrogens (tertiary/aromatic N) is 4. The summed E-state index contributed by atoms with van der Waals surface area (Å²) >= 11 is 0. The predicted molar refractivity (Wildman–Crippen MR) is 119 cm³/mol. The first-order valence-electron chi connectivity index (χ1n) is 10.7. The summed E-state index contributed by atoms with van der Waals surface area (Å²) in [7, 11) is 0. The summed E-state index contributed by atoms with van der Waals surface area (Å²) in [6.07, 6.45) is 2.60. The maximum atomic E-state index is 14.0. The number of ether oxygens (including phenoxy) is 3. The van der Waals surface area contributed by atoms with Gasteiger partial charge in [0.2, 0.25) is 5.89 Å². The van der Waals surface area contributed by atoms with E-state index in [9.17, 15) is 17.6 Å². The topological polar surface area (TPSA) is 84.4 Å². The van der Waals surface area contributed by atoms with Crippen molar-refractivity contribution in [3.8, 4) is 11.5 Å². The number of oxazole rings is 1. The Balaban J connectivity index is 1.23. The Labute approximate surface area is 202 Å². The molecule has 0 atom stereocenters. The van der Waals surface area contributed by atoms with E-state index < -0.39 is 17.9 Å². The maximum Gasteiger partial charge on any atom is 0.573 e. The zero-order valence-electron chi connectivity index (χ0n) is 18.7. The lowest BCUT2D eigenvalue weighted by Gasteiger charge is -2.09. The molecule has 2 aromatic heterocycles. The van der Waals surface area contributed by atoms with Crippen molar-refractivity contribution in [2.75, 3.05) is 6.61 Å². The zero-order chi connectivity index (χ0) is 25.4. The zero-order valence-corrected chi connectivity index (χ0v) is 18.7. The molecule has 0 radical (unpaired) electrons. The van der Waals surface area contributed by atoms with Crippen molar-refractivity contribution >= 4 is 12.2 Å². The molecule has 0 amide bonds. The van der Waals surface area contributed by atoms with Gasteiger partial charge in [-0.1, -0.05) is 17.3 Å². The molecule has 36 heavy (non-hydrogen) atoms. The van der Waals surface area contributed by atoms with Gasteiger partial charge in [-0.15, -0.1) is 18.3 Å². The van der Waals surface area contributed by atoms with Gasteiger partial charge in [-0.25, -0.2) is 9.37 Å². The molecule has 4 rings (SSSR count). The minimum atomic E-state index is -4.89. The number of rotatable bonds is 11. The lowest BCUT2D eigenvalue weighted by molar-refractivity contribution is -0.274. The number of halogens is 4. The summed E-state index contributed by atoms with van der Waals surface area (Å²) < 4.78 is 72.7. The quantitative estimate of drug-likeness (QED) is 0.203. The predicted octanol–water partition coefficient (Wildman–Crippen LogP) is 5.27. The molecular formula is C24H20F4N4O4. The molecule has 0 N–H and O–H groups in total. The van der Waals surface area contributed by atoms with E-state index in [1.54, 1.807) is 17.1 Å². The third-order valence-corrected chi connectivity index (χ3v) is 4.70. The molecule has 0 aliphatic rings. The van der Waals surface area contributed by atoms with E-state index in [2.05, 4.69) is 20.0 Å². The van der Waals surface area contributed by atoms with E-state index >= 15 is 0 Å². The SMILES string of the molecule is Fc1cc(OC(F)(F)F)ccc1C=Cc1nc(COc2ccc(COCCn3ccnn3)cc2)co1. The van der Waals surface area contributed by atoms with Gasteiger partial charge < -0.3 is 18.6 Å². The van der Waals surface area contributed by atoms with Crippen molar-refractivity contribution in [3.63, 3.8) is 0 Å². The first-order chi connectivity index (χ1) is 17.3. The summed E-state index contributed by atoms with van der Waals surface area (Å²) in [4.78, 5) is 4.22. The summed E-state index contributed by atoms with van der Waals surface area (Å²) in [6.45, 7) is 1.72. The Kier molecular flexibility index (Phi) is 7.95. The number of benzene rings is 2. The third-order valence-electron chi connectivity index (χ3n) is 4.70. The normalized spacial score (nSPS) is 11.8. The Morgan fingerprint density at radius 1 is 1.00 bits per heavy atom. The standard InChI is InChI=1S/C24H20F4N4O4/c25-22-13-21(36-24(26,27)28)7-3-18(22)4-8-23-30-19(16-35-23)15-34-20-5-1-17(2-6-20)14-33-12-11-32-10-9-29-31-32/h1-10,13,16H,11-12,14-15H2. The van der Waals surface area contributed by atoms with E-state index in [4.69, 9.17) is 13.9 Å². The fourth-order valence-electron chi connectivity index (χ4n) is 3.01. The molecule has 2 aromatic carbocycles. The van der Waals surface area contributed by atoms with Crippen LogP contribution >= 0.6 is 0 Å².